The van der Waals surface area contributed by atoms with Crippen molar-refractivity contribution < 1.29 is 8.98 Å². The Labute approximate surface area is 282 Å². The molecule has 0 atom stereocenters. The van der Waals surface area contributed by atoms with Gasteiger partial charge in [0.05, 0.1) is 7.05 Å². The molecule has 48 heavy (non-hydrogen) atoms. The molecule has 2 aromatic heterocycles. The Balaban J connectivity index is 1.47. The third kappa shape index (κ3) is 4.76. The van der Waals surface area contributed by atoms with Crippen LogP contribution in [0.15, 0.2) is 132 Å². The van der Waals surface area contributed by atoms with Crippen LogP contribution in [-0.4, -0.2) is 4.57 Å². The molecule has 0 aliphatic heterocycles. The predicted molar refractivity (Wildman–Crippen MR) is 201 cm³/mol. The standard InChI is InChI=1S/C45H41N2O/c1-28(2)36-26-34(32-17-11-8-12-18-32)27-37(29(3)4)43(36)47-40-20-14-13-19-39(40)46(6)45(47)42-30(5)21-23-35-38-25-33(31-15-9-7-10-16-31)22-24-41(38)48-44(35)42/h7-29H,1-6H3/q+1. The molecule has 0 aliphatic carbocycles. The van der Waals surface area contributed by atoms with Crippen LogP contribution < -0.4 is 4.57 Å². The summed E-state index contributed by atoms with van der Waals surface area (Å²) in [5, 5.41) is 2.27. The highest BCUT2D eigenvalue weighted by Crippen LogP contribution is 2.43. The zero-order valence-electron chi connectivity index (χ0n) is 28.6. The zero-order chi connectivity index (χ0) is 33.1. The normalized spacial score (nSPS) is 11.9. The van der Waals surface area contributed by atoms with Gasteiger partial charge in [0.1, 0.15) is 16.8 Å². The van der Waals surface area contributed by atoms with Gasteiger partial charge in [0, 0.05) is 21.9 Å². The maximum Gasteiger partial charge on any atom is 0.299 e. The van der Waals surface area contributed by atoms with E-state index in [1.807, 2.05) is 0 Å². The van der Waals surface area contributed by atoms with Gasteiger partial charge in [-0.05, 0) is 83.0 Å². The Morgan fingerprint density at radius 1 is 0.583 bits per heavy atom. The van der Waals surface area contributed by atoms with E-state index in [1.165, 1.54) is 55.7 Å². The second-order valence-corrected chi connectivity index (χ2v) is 13.7. The van der Waals surface area contributed by atoms with Crippen molar-refractivity contribution in [2.24, 2.45) is 7.05 Å². The van der Waals surface area contributed by atoms with Gasteiger partial charge in [-0.1, -0.05) is 119 Å². The Morgan fingerprint density at radius 3 is 1.83 bits per heavy atom. The van der Waals surface area contributed by atoms with Crippen molar-refractivity contribution in [1.29, 1.82) is 0 Å². The van der Waals surface area contributed by atoms with E-state index >= 15 is 0 Å². The first-order chi connectivity index (χ1) is 23.3. The molecule has 2 heterocycles. The maximum atomic E-state index is 6.86. The van der Waals surface area contributed by atoms with E-state index in [0.29, 0.717) is 11.8 Å². The molecule has 3 nitrogen and oxygen atoms in total. The Bertz CT molecular complexity index is 2430. The molecule has 0 bridgehead atoms. The summed E-state index contributed by atoms with van der Waals surface area (Å²) in [5.74, 6) is 1.73. The largest absolute Gasteiger partial charge is 0.455 e. The third-order valence-corrected chi connectivity index (χ3v) is 9.94. The second-order valence-electron chi connectivity index (χ2n) is 13.7. The number of benzene rings is 6. The molecule has 0 N–H and O–H groups in total. The Kier molecular flexibility index (Phi) is 7.29. The molecule has 6 aromatic carbocycles. The smallest absolute Gasteiger partial charge is 0.299 e. The highest BCUT2D eigenvalue weighted by atomic mass is 16.3. The van der Waals surface area contributed by atoms with Crippen molar-refractivity contribution in [1.82, 2.24) is 4.57 Å². The summed E-state index contributed by atoms with van der Waals surface area (Å²) in [6.07, 6.45) is 0. The summed E-state index contributed by atoms with van der Waals surface area (Å²) in [6, 6.07) is 46.1. The summed E-state index contributed by atoms with van der Waals surface area (Å²) >= 11 is 0. The molecule has 0 fully saturated rings. The molecule has 0 radical (unpaired) electrons. The van der Waals surface area contributed by atoms with Gasteiger partial charge >= 0.3 is 0 Å². The molecule has 236 valence electrons. The molecular formula is C45H41N2O+. The quantitative estimate of drug-likeness (QED) is 0.169. The van der Waals surface area contributed by atoms with Crippen LogP contribution in [-0.2, 0) is 7.05 Å². The second kappa shape index (κ2) is 11.7. The fourth-order valence-corrected chi connectivity index (χ4v) is 7.46. The lowest BCUT2D eigenvalue weighted by atomic mass is 9.88. The van der Waals surface area contributed by atoms with Crippen molar-refractivity contribution >= 4 is 33.0 Å². The van der Waals surface area contributed by atoms with Gasteiger partial charge in [-0.15, -0.1) is 0 Å². The lowest BCUT2D eigenvalue weighted by Gasteiger charge is -2.21. The first kappa shape index (κ1) is 30.0. The van der Waals surface area contributed by atoms with Crippen LogP contribution in [0, 0.1) is 6.92 Å². The highest BCUT2D eigenvalue weighted by Gasteiger charge is 2.34. The average Bonchev–Trinajstić information content (AvgIpc) is 3.62. The number of imidazole rings is 1. The fourth-order valence-electron chi connectivity index (χ4n) is 7.46. The van der Waals surface area contributed by atoms with Crippen molar-refractivity contribution in [2.75, 3.05) is 0 Å². The van der Waals surface area contributed by atoms with E-state index in [1.54, 1.807) is 0 Å². The fraction of sp³-hybridized carbons (Fsp3) is 0.178. The molecule has 3 heteroatoms. The summed E-state index contributed by atoms with van der Waals surface area (Å²) in [5.41, 5.74) is 15.3. The van der Waals surface area contributed by atoms with Crippen molar-refractivity contribution in [2.45, 2.75) is 46.5 Å². The molecule has 8 rings (SSSR count). The summed E-state index contributed by atoms with van der Waals surface area (Å²) < 4.78 is 11.7. The number of para-hydroxylation sites is 2. The van der Waals surface area contributed by atoms with Gasteiger partial charge in [0.15, 0.2) is 16.6 Å². The SMILES string of the molecule is Cc1ccc2c(oc3ccc(-c4ccccc4)cc32)c1-c1n(-c2c(C(C)C)cc(-c3ccccc3)cc2C(C)C)c2ccccc2[n+]1C. The minimum Gasteiger partial charge on any atom is -0.455 e. The lowest BCUT2D eigenvalue weighted by molar-refractivity contribution is -0.633. The van der Waals surface area contributed by atoms with Crippen LogP contribution in [0.25, 0.3) is 72.3 Å². The zero-order valence-corrected chi connectivity index (χ0v) is 28.6. The first-order valence-corrected chi connectivity index (χ1v) is 17.1. The predicted octanol–water partition coefficient (Wildman–Crippen LogP) is 11.9. The summed E-state index contributed by atoms with van der Waals surface area (Å²) in [6.45, 7) is 11.5. The highest BCUT2D eigenvalue weighted by molar-refractivity contribution is 6.11. The topological polar surface area (TPSA) is 21.9 Å². The molecule has 8 aromatic rings. The molecule has 0 aliphatic rings. The number of aryl methyl sites for hydroxylation is 2. The third-order valence-electron chi connectivity index (χ3n) is 9.94. The monoisotopic (exact) mass is 625 g/mol. The maximum absolute atomic E-state index is 6.86. The van der Waals surface area contributed by atoms with Crippen molar-refractivity contribution in [3.63, 3.8) is 0 Å². The number of aromatic nitrogens is 2. The van der Waals surface area contributed by atoms with Gasteiger partial charge in [-0.25, -0.2) is 4.57 Å². The molecular weight excluding hydrogens is 585 g/mol. The van der Waals surface area contributed by atoms with E-state index < -0.39 is 0 Å². The van der Waals surface area contributed by atoms with Crippen LogP contribution in [0.1, 0.15) is 56.2 Å². The number of rotatable bonds is 6. The summed E-state index contributed by atoms with van der Waals surface area (Å²) in [4.78, 5) is 0. The van der Waals surface area contributed by atoms with Gasteiger partial charge in [-0.2, -0.15) is 4.57 Å². The minimum absolute atomic E-state index is 0.306. The van der Waals surface area contributed by atoms with Gasteiger partial charge in [-0.3, -0.25) is 0 Å². The van der Waals surface area contributed by atoms with Crippen molar-refractivity contribution in [3.05, 3.63) is 144 Å². The van der Waals surface area contributed by atoms with Gasteiger partial charge < -0.3 is 4.42 Å². The Morgan fingerprint density at radius 2 is 1.19 bits per heavy atom. The number of hydrogen-bond donors (Lipinski definition) is 0. The van der Waals surface area contributed by atoms with Crippen LogP contribution in [0.4, 0.5) is 0 Å². The van der Waals surface area contributed by atoms with E-state index in [4.69, 9.17) is 4.42 Å². The minimum atomic E-state index is 0.306. The van der Waals surface area contributed by atoms with Crippen LogP contribution in [0.5, 0.6) is 0 Å². The molecule has 0 amide bonds. The van der Waals surface area contributed by atoms with Crippen molar-refractivity contribution in [3.8, 4) is 39.3 Å². The van der Waals surface area contributed by atoms with Gasteiger partial charge in [0.25, 0.3) is 5.82 Å². The lowest BCUT2D eigenvalue weighted by Crippen LogP contribution is -2.30. The van der Waals surface area contributed by atoms with E-state index in [-0.39, 0.29) is 0 Å². The van der Waals surface area contributed by atoms with E-state index in [9.17, 15) is 0 Å². The number of furan rings is 1. The Hall–Kier alpha value is -5.41. The summed E-state index contributed by atoms with van der Waals surface area (Å²) in [7, 11) is 2.20. The molecule has 0 unspecified atom stereocenters. The molecule has 0 saturated heterocycles. The average molecular weight is 626 g/mol. The number of hydrogen-bond acceptors (Lipinski definition) is 1. The van der Waals surface area contributed by atoms with E-state index in [2.05, 4.69) is 178 Å². The van der Waals surface area contributed by atoms with Crippen LogP contribution >= 0.6 is 0 Å². The van der Waals surface area contributed by atoms with Crippen LogP contribution in [0.2, 0.25) is 0 Å². The van der Waals surface area contributed by atoms with Crippen LogP contribution in [0.3, 0.4) is 0 Å². The number of nitrogens with zero attached hydrogens (tertiary/aromatic N) is 2. The van der Waals surface area contributed by atoms with E-state index in [0.717, 1.165) is 33.3 Å². The van der Waals surface area contributed by atoms with Gasteiger partial charge in [0.2, 0.25) is 0 Å². The number of fused-ring (bicyclic) bond motifs is 4. The molecule has 0 saturated carbocycles. The first-order valence-electron chi connectivity index (χ1n) is 17.1. The molecule has 0 spiro atoms.